The zero-order valence-corrected chi connectivity index (χ0v) is 8.90. The van der Waals surface area contributed by atoms with Crippen LogP contribution in [0.4, 0.5) is 0 Å². The van der Waals surface area contributed by atoms with E-state index in [-0.39, 0.29) is 0 Å². The summed E-state index contributed by atoms with van der Waals surface area (Å²) in [6.07, 6.45) is 7.25. The van der Waals surface area contributed by atoms with Crippen LogP contribution >= 0.6 is 0 Å². The molecule has 0 nitrogen and oxygen atoms in total. The van der Waals surface area contributed by atoms with Crippen molar-refractivity contribution in [3.05, 3.63) is 12.2 Å². The third-order valence-corrected chi connectivity index (χ3v) is 5.65. The van der Waals surface area contributed by atoms with Crippen LogP contribution in [0.1, 0.15) is 46.0 Å². The Hall–Kier alpha value is -0.260. The SMILES string of the molecule is C=C1CC2(C1)C1CCC(C1)C2(C)C. The van der Waals surface area contributed by atoms with Crippen molar-refractivity contribution in [1.82, 2.24) is 0 Å². The van der Waals surface area contributed by atoms with E-state index < -0.39 is 0 Å². The lowest BCUT2D eigenvalue weighted by Gasteiger charge is -2.57. The van der Waals surface area contributed by atoms with E-state index in [0.29, 0.717) is 10.8 Å². The largest absolute Gasteiger partial charge is 0.0998 e. The highest BCUT2D eigenvalue weighted by atomic mass is 14.7. The minimum absolute atomic E-state index is 0.622. The third-order valence-electron chi connectivity index (χ3n) is 5.65. The number of hydrogen-bond acceptors (Lipinski definition) is 0. The maximum absolute atomic E-state index is 4.13. The van der Waals surface area contributed by atoms with Crippen molar-refractivity contribution >= 4 is 0 Å². The maximum Gasteiger partial charge on any atom is -0.0141 e. The van der Waals surface area contributed by atoms with Gasteiger partial charge in [-0.05, 0) is 54.8 Å². The molecule has 3 rings (SSSR count). The first-order valence-electron chi connectivity index (χ1n) is 5.73. The normalized spacial score (nSPS) is 44.0. The average molecular weight is 176 g/mol. The van der Waals surface area contributed by atoms with Crippen LogP contribution in [-0.2, 0) is 0 Å². The first-order chi connectivity index (χ1) is 6.06. The Balaban J connectivity index is 2.00. The van der Waals surface area contributed by atoms with Gasteiger partial charge in [-0.15, -0.1) is 0 Å². The zero-order chi connectivity index (χ0) is 9.27. The maximum atomic E-state index is 4.13. The van der Waals surface area contributed by atoms with Gasteiger partial charge in [-0.1, -0.05) is 26.0 Å². The minimum atomic E-state index is 0.622. The predicted octanol–water partition coefficient (Wildman–Crippen LogP) is 3.78. The summed E-state index contributed by atoms with van der Waals surface area (Å²) in [6, 6.07) is 0. The second-order valence-electron chi connectivity index (χ2n) is 6.19. The first kappa shape index (κ1) is 8.08. The summed E-state index contributed by atoms with van der Waals surface area (Å²) >= 11 is 0. The molecule has 0 aromatic rings. The molecule has 0 radical (unpaired) electrons. The van der Waals surface area contributed by atoms with Crippen LogP contribution in [-0.4, -0.2) is 0 Å². The Bertz CT molecular complexity index is 264. The highest BCUT2D eigenvalue weighted by Gasteiger charge is 2.65. The van der Waals surface area contributed by atoms with Crippen LogP contribution in [0.25, 0.3) is 0 Å². The molecule has 0 saturated heterocycles. The summed E-state index contributed by atoms with van der Waals surface area (Å²) in [5, 5.41) is 0. The fourth-order valence-electron chi connectivity index (χ4n) is 4.66. The fraction of sp³-hybridized carbons (Fsp3) is 0.846. The predicted molar refractivity (Wildman–Crippen MR) is 55.4 cm³/mol. The van der Waals surface area contributed by atoms with Crippen molar-refractivity contribution in [3.8, 4) is 0 Å². The van der Waals surface area contributed by atoms with Crippen molar-refractivity contribution in [2.24, 2.45) is 22.7 Å². The monoisotopic (exact) mass is 176 g/mol. The van der Waals surface area contributed by atoms with Gasteiger partial charge in [-0.2, -0.15) is 0 Å². The van der Waals surface area contributed by atoms with Crippen LogP contribution in [0.15, 0.2) is 12.2 Å². The van der Waals surface area contributed by atoms with Crippen LogP contribution in [0, 0.1) is 22.7 Å². The number of hydrogen-bond donors (Lipinski definition) is 0. The van der Waals surface area contributed by atoms with Crippen molar-refractivity contribution in [1.29, 1.82) is 0 Å². The molecule has 0 amide bonds. The lowest BCUT2D eigenvalue weighted by molar-refractivity contribution is -0.0316. The van der Waals surface area contributed by atoms with E-state index >= 15 is 0 Å². The van der Waals surface area contributed by atoms with E-state index in [9.17, 15) is 0 Å². The standard InChI is InChI=1S/C13H20/c1-9-7-13(8-9)11-5-4-10(6-11)12(13,2)3/h10-11H,1,4-8H2,2-3H3. The molecular formula is C13H20. The summed E-state index contributed by atoms with van der Waals surface area (Å²) in [6.45, 7) is 9.16. The van der Waals surface area contributed by atoms with Crippen molar-refractivity contribution in [2.45, 2.75) is 46.0 Å². The second-order valence-corrected chi connectivity index (χ2v) is 6.19. The van der Waals surface area contributed by atoms with Crippen LogP contribution in [0.2, 0.25) is 0 Å². The Labute approximate surface area is 81.4 Å². The van der Waals surface area contributed by atoms with Crippen molar-refractivity contribution in [3.63, 3.8) is 0 Å². The van der Waals surface area contributed by atoms with Gasteiger partial charge in [0, 0.05) is 0 Å². The Morgan fingerprint density at radius 1 is 1.15 bits per heavy atom. The van der Waals surface area contributed by atoms with E-state index in [1.807, 2.05) is 0 Å². The molecule has 3 saturated carbocycles. The van der Waals surface area contributed by atoms with Crippen LogP contribution < -0.4 is 0 Å². The lowest BCUT2D eigenvalue weighted by Crippen LogP contribution is -2.48. The molecule has 1 spiro atoms. The molecule has 2 atom stereocenters. The molecule has 13 heavy (non-hydrogen) atoms. The Morgan fingerprint density at radius 2 is 1.77 bits per heavy atom. The summed E-state index contributed by atoms with van der Waals surface area (Å²) in [7, 11) is 0. The lowest BCUT2D eigenvalue weighted by atomic mass is 9.47. The van der Waals surface area contributed by atoms with Crippen molar-refractivity contribution < 1.29 is 0 Å². The highest BCUT2D eigenvalue weighted by Crippen LogP contribution is 2.74. The molecule has 2 unspecified atom stereocenters. The molecule has 0 aliphatic heterocycles. The Kier molecular flexibility index (Phi) is 1.27. The van der Waals surface area contributed by atoms with Crippen LogP contribution in [0.5, 0.6) is 0 Å². The molecule has 0 heteroatoms. The van der Waals surface area contributed by atoms with Gasteiger partial charge in [-0.25, -0.2) is 0 Å². The average Bonchev–Trinajstić information content (AvgIpc) is 2.50. The van der Waals surface area contributed by atoms with Crippen LogP contribution in [0.3, 0.4) is 0 Å². The summed E-state index contributed by atoms with van der Waals surface area (Å²) in [5.74, 6) is 2.09. The smallest absolute Gasteiger partial charge is 0.0141 e. The van der Waals surface area contributed by atoms with E-state index in [2.05, 4.69) is 20.4 Å². The number of rotatable bonds is 0. The number of fused-ring (bicyclic) bond motifs is 3. The molecule has 0 heterocycles. The summed E-state index contributed by atoms with van der Waals surface area (Å²) in [4.78, 5) is 0. The third kappa shape index (κ3) is 0.705. The van der Waals surface area contributed by atoms with Gasteiger partial charge in [0.05, 0.1) is 0 Å². The molecular weight excluding hydrogens is 156 g/mol. The van der Waals surface area contributed by atoms with E-state index in [0.717, 1.165) is 11.8 Å². The summed E-state index contributed by atoms with van der Waals surface area (Å²) in [5.41, 5.74) is 2.84. The molecule has 2 bridgehead atoms. The second kappa shape index (κ2) is 2.04. The van der Waals surface area contributed by atoms with Gasteiger partial charge in [-0.3, -0.25) is 0 Å². The summed E-state index contributed by atoms with van der Waals surface area (Å²) < 4.78 is 0. The highest BCUT2D eigenvalue weighted by molar-refractivity contribution is 5.26. The molecule has 72 valence electrons. The molecule has 3 fully saturated rings. The van der Waals surface area contributed by atoms with Crippen molar-refractivity contribution in [2.75, 3.05) is 0 Å². The fourth-order valence-corrected chi connectivity index (χ4v) is 4.66. The first-order valence-corrected chi connectivity index (χ1v) is 5.73. The topological polar surface area (TPSA) is 0 Å². The van der Waals surface area contributed by atoms with Gasteiger partial charge >= 0.3 is 0 Å². The van der Waals surface area contributed by atoms with E-state index in [4.69, 9.17) is 0 Å². The van der Waals surface area contributed by atoms with E-state index in [1.165, 1.54) is 37.7 Å². The van der Waals surface area contributed by atoms with Gasteiger partial charge in [0.2, 0.25) is 0 Å². The van der Waals surface area contributed by atoms with Gasteiger partial charge in [0.25, 0.3) is 0 Å². The van der Waals surface area contributed by atoms with Gasteiger partial charge in [0.1, 0.15) is 0 Å². The quantitative estimate of drug-likeness (QED) is 0.493. The molecule has 0 N–H and O–H groups in total. The molecule has 0 aromatic heterocycles. The molecule has 3 aliphatic rings. The zero-order valence-electron chi connectivity index (χ0n) is 8.90. The number of allylic oxidation sites excluding steroid dienone is 1. The minimum Gasteiger partial charge on any atom is -0.0998 e. The van der Waals surface area contributed by atoms with Gasteiger partial charge < -0.3 is 0 Å². The Morgan fingerprint density at radius 3 is 2.23 bits per heavy atom. The van der Waals surface area contributed by atoms with E-state index in [1.54, 1.807) is 0 Å². The molecule has 0 aromatic carbocycles. The van der Waals surface area contributed by atoms with Gasteiger partial charge in [0.15, 0.2) is 0 Å². The molecule has 3 aliphatic carbocycles.